The number of aromatic nitrogens is 1. The van der Waals surface area contributed by atoms with E-state index >= 15 is 0 Å². The summed E-state index contributed by atoms with van der Waals surface area (Å²) in [6.45, 7) is 2.42. The van der Waals surface area contributed by atoms with Gasteiger partial charge in [0.25, 0.3) is 5.91 Å². The molecule has 2 N–H and O–H groups in total. The summed E-state index contributed by atoms with van der Waals surface area (Å²) in [5.41, 5.74) is 2.97. The van der Waals surface area contributed by atoms with Gasteiger partial charge in [0.05, 0.1) is 18.8 Å². The van der Waals surface area contributed by atoms with E-state index in [1.165, 1.54) is 6.92 Å². The molecule has 0 aliphatic carbocycles. The third-order valence-electron chi connectivity index (χ3n) is 3.54. The molecule has 1 aromatic carbocycles. The average Bonchev–Trinajstić information content (AvgIpc) is 3.01. The number of nitrogens with one attached hydrogen (secondary N) is 2. The molecule has 0 unspecified atom stereocenters. The molecule has 2 heterocycles. The highest BCUT2D eigenvalue weighted by Gasteiger charge is 2.14. The number of fused-ring (bicyclic) bond motifs is 1. The van der Waals surface area contributed by atoms with Crippen LogP contribution >= 0.6 is 0 Å². The molecule has 23 heavy (non-hydrogen) atoms. The van der Waals surface area contributed by atoms with Crippen LogP contribution in [0.2, 0.25) is 0 Å². The molecule has 0 radical (unpaired) electrons. The molecule has 0 fully saturated rings. The smallest absolute Gasteiger partial charge is 0.255 e. The van der Waals surface area contributed by atoms with Crippen molar-refractivity contribution in [3.8, 4) is 5.75 Å². The first-order valence-corrected chi connectivity index (χ1v) is 7.38. The van der Waals surface area contributed by atoms with Crippen LogP contribution in [-0.2, 0) is 17.8 Å². The van der Waals surface area contributed by atoms with Crippen molar-refractivity contribution in [2.24, 2.45) is 0 Å². The minimum atomic E-state index is -0.213. The van der Waals surface area contributed by atoms with Crippen LogP contribution in [0.25, 0.3) is 0 Å². The third-order valence-corrected chi connectivity index (χ3v) is 3.54. The zero-order chi connectivity index (χ0) is 16.2. The zero-order valence-corrected chi connectivity index (χ0v) is 12.8. The Labute approximate surface area is 133 Å². The maximum atomic E-state index is 12.3. The molecule has 0 bridgehead atoms. The summed E-state index contributed by atoms with van der Waals surface area (Å²) in [6, 6.07) is 8.93. The summed E-state index contributed by atoms with van der Waals surface area (Å²) in [6.07, 6.45) is 2.41. The van der Waals surface area contributed by atoms with Gasteiger partial charge in [-0.1, -0.05) is 0 Å². The number of nitrogens with zero attached hydrogens (tertiary/aromatic N) is 1. The molecule has 2 aromatic rings. The fraction of sp³-hybridized carbons (Fsp3) is 0.235. The van der Waals surface area contributed by atoms with Crippen molar-refractivity contribution in [1.29, 1.82) is 0 Å². The Morgan fingerprint density at radius 1 is 1.26 bits per heavy atom. The molecule has 1 aromatic heterocycles. The predicted molar refractivity (Wildman–Crippen MR) is 85.4 cm³/mol. The quantitative estimate of drug-likeness (QED) is 0.904. The van der Waals surface area contributed by atoms with Gasteiger partial charge in [-0.2, -0.15) is 0 Å². The number of rotatable bonds is 4. The summed E-state index contributed by atoms with van der Waals surface area (Å²) in [5.74, 6) is 0.529. The van der Waals surface area contributed by atoms with Crippen LogP contribution in [-0.4, -0.2) is 23.4 Å². The Balaban J connectivity index is 1.70. The second-order valence-corrected chi connectivity index (χ2v) is 5.32. The molecular formula is C17H17N3O3. The number of amides is 2. The molecule has 0 atom stereocenters. The molecule has 0 spiro atoms. The van der Waals surface area contributed by atoms with Crippen molar-refractivity contribution < 1.29 is 14.3 Å². The number of carbonyl (C=O) groups excluding carboxylic acids is 2. The van der Waals surface area contributed by atoms with Crippen LogP contribution in [0.15, 0.2) is 36.5 Å². The Bertz CT molecular complexity index is 758. The first-order chi connectivity index (χ1) is 11.1. The number of hydrogen-bond donors (Lipinski definition) is 2. The van der Waals surface area contributed by atoms with Crippen LogP contribution in [0.4, 0.5) is 5.69 Å². The number of benzene rings is 1. The van der Waals surface area contributed by atoms with Crippen LogP contribution in [0, 0.1) is 0 Å². The van der Waals surface area contributed by atoms with Crippen molar-refractivity contribution in [3.63, 3.8) is 0 Å². The topological polar surface area (TPSA) is 80.3 Å². The Hall–Kier alpha value is -2.89. The van der Waals surface area contributed by atoms with Gasteiger partial charge in [-0.25, -0.2) is 0 Å². The van der Waals surface area contributed by atoms with E-state index in [0.717, 1.165) is 23.4 Å². The van der Waals surface area contributed by atoms with Gasteiger partial charge in [-0.05, 0) is 35.9 Å². The zero-order valence-electron chi connectivity index (χ0n) is 12.8. The number of ether oxygens (including phenoxy) is 1. The minimum Gasteiger partial charge on any atom is -0.493 e. The van der Waals surface area contributed by atoms with Gasteiger partial charge < -0.3 is 15.4 Å². The number of carbonyl (C=O) groups is 2. The highest BCUT2D eigenvalue weighted by Crippen LogP contribution is 2.28. The first kappa shape index (κ1) is 15.0. The molecule has 3 rings (SSSR count). The standard InChI is InChI=1S/C17H17N3O3/c1-11(21)19-10-15-9-13(4-6-18-15)17(22)20-14-2-3-16-12(8-14)5-7-23-16/h2-4,6,8-9H,5,7,10H2,1H3,(H,19,21)(H,20,22). The summed E-state index contributed by atoms with van der Waals surface area (Å²) in [7, 11) is 0. The molecule has 1 aliphatic rings. The lowest BCUT2D eigenvalue weighted by molar-refractivity contribution is -0.119. The molecule has 0 saturated heterocycles. The number of pyridine rings is 1. The van der Waals surface area contributed by atoms with E-state index in [1.54, 1.807) is 18.3 Å². The van der Waals surface area contributed by atoms with E-state index in [-0.39, 0.29) is 11.8 Å². The second-order valence-electron chi connectivity index (χ2n) is 5.32. The van der Waals surface area contributed by atoms with Crippen LogP contribution in [0.1, 0.15) is 28.5 Å². The van der Waals surface area contributed by atoms with Crippen molar-refractivity contribution in [3.05, 3.63) is 53.3 Å². The van der Waals surface area contributed by atoms with Crippen molar-refractivity contribution in [2.75, 3.05) is 11.9 Å². The van der Waals surface area contributed by atoms with E-state index in [2.05, 4.69) is 15.6 Å². The summed E-state index contributed by atoms with van der Waals surface area (Å²) >= 11 is 0. The Kier molecular flexibility index (Phi) is 4.23. The van der Waals surface area contributed by atoms with Gasteiger partial charge in [0.1, 0.15) is 5.75 Å². The van der Waals surface area contributed by atoms with E-state index in [9.17, 15) is 9.59 Å². The molecular weight excluding hydrogens is 294 g/mol. The summed E-state index contributed by atoms with van der Waals surface area (Å²) < 4.78 is 5.45. The molecule has 1 aliphatic heterocycles. The minimum absolute atomic E-state index is 0.137. The summed E-state index contributed by atoms with van der Waals surface area (Å²) in [4.78, 5) is 27.4. The summed E-state index contributed by atoms with van der Waals surface area (Å²) in [5, 5.41) is 5.53. The highest BCUT2D eigenvalue weighted by molar-refractivity contribution is 6.04. The third kappa shape index (κ3) is 3.66. The maximum absolute atomic E-state index is 12.3. The number of anilines is 1. The van der Waals surface area contributed by atoms with Crippen molar-refractivity contribution in [2.45, 2.75) is 19.9 Å². The van der Waals surface area contributed by atoms with Crippen LogP contribution in [0.5, 0.6) is 5.75 Å². The SMILES string of the molecule is CC(=O)NCc1cc(C(=O)Nc2ccc3c(c2)CCO3)ccn1. The lowest BCUT2D eigenvalue weighted by Crippen LogP contribution is -2.20. The molecule has 0 saturated carbocycles. The van der Waals surface area contributed by atoms with Gasteiger partial charge in [0, 0.05) is 30.8 Å². The van der Waals surface area contributed by atoms with Gasteiger partial charge in [-0.3, -0.25) is 14.6 Å². The van der Waals surface area contributed by atoms with Gasteiger partial charge in [0.2, 0.25) is 5.91 Å². The maximum Gasteiger partial charge on any atom is 0.255 e. The van der Waals surface area contributed by atoms with Crippen LogP contribution < -0.4 is 15.4 Å². The fourth-order valence-electron chi connectivity index (χ4n) is 2.40. The normalized spacial score (nSPS) is 12.2. The fourth-order valence-corrected chi connectivity index (χ4v) is 2.40. The van der Waals surface area contributed by atoms with Gasteiger partial charge in [0.15, 0.2) is 0 Å². The molecule has 6 nitrogen and oxygen atoms in total. The lowest BCUT2D eigenvalue weighted by Gasteiger charge is -2.08. The second kappa shape index (κ2) is 6.48. The Morgan fingerprint density at radius 3 is 2.96 bits per heavy atom. The Morgan fingerprint density at radius 2 is 2.13 bits per heavy atom. The number of hydrogen-bond acceptors (Lipinski definition) is 4. The first-order valence-electron chi connectivity index (χ1n) is 7.38. The van der Waals surface area contributed by atoms with Crippen LogP contribution in [0.3, 0.4) is 0 Å². The molecule has 6 heteroatoms. The predicted octanol–water partition coefficient (Wildman–Crippen LogP) is 1.90. The monoisotopic (exact) mass is 311 g/mol. The lowest BCUT2D eigenvalue weighted by atomic mass is 10.1. The van der Waals surface area contributed by atoms with Crippen molar-refractivity contribution in [1.82, 2.24) is 10.3 Å². The van der Waals surface area contributed by atoms with Crippen molar-refractivity contribution >= 4 is 17.5 Å². The largest absolute Gasteiger partial charge is 0.493 e. The van der Waals surface area contributed by atoms with Gasteiger partial charge in [-0.15, -0.1) is 0 Å². The van der Waals surface area contributed by atoms with Gasteiger partial charge >= 0.3 is 0 Å². The highest BCUT2D eigenvalue weighted by atomic mass is 16.5. The van der Waals surface area contributed by atoms with E-state index < -0.39 is 0 Å². The average molecular weight is 311 g/mol. The van der Waals surface area contributed by atoms with E-state index in [1.807, 2.05) is 18.2 Å². The molecule has 2 amide bonds. The molecule has 118 valence electrons. The van der Waals surface area contributed by atoms with E-state index in [0.29, 0.717) is 24.4 Å². The van der Waals surface area contributed by atoms with E-state index in [4.69, 9.17) is 4.74 Å².